The number of hydrogen-bond acceptors (Lipinski definition) is 2. The molecular formula is C17H28O2. The van der Waals surface area contributed by atoms with Gasteiger partial charge < -0.3 is 4.74 Å². The maximum Gasteiger partial charge on any atom is 0.312 e. The molecule has 0 bridgehead atoms. The summed E-state index contributed by atoms with van der Waals surface area (Å²) in [4.78, 5) is 11.8. The number of esters is 1. The summed E-state index contributed by atoms with van der Waals surface area (Å²) in [5.41, 5.74) is 1.87. The fourth-order valence-electron chi connectivity index (χ4n) is 3.89. The summed E-state index contributed by atoms with van der Waals surface area (Å²) in [6.07, 6.45) is 11.4. The second-order valence-corrected chi connectivity index (χ2v) is 6.59. The van der Waals surface area contributed by atoms with Gasteiger partial charge in [-0.15, -0.1) is 0 Å². The van der Waals surface area contributed by atoms with Gasteiger partial charge in [-0.25, -0.2) is 0 Å². The Kier molecular flexibility index (Phi) is 4.70. The van der Waals surface area contributed by atoms with Crippen LogP contribution in [0.3, 0.4) is 0 Å². The van der Waals surface area contributed by atoms with Gasteiger partial charge in [-0.1, -0.05) is 31.4 Å². The lowest BCUT2D eigenvalue weighted by atomic mass is 9.68. The number of rotatable bonds is 4. The van der Waals surface area contributed by atoms with Gasteiger partial charge in [0.25, 0.3) is 0 Å². The van der Waals surface area contributed by atoms with E-state index in [1.54, 1.807) is 0 Å². The Morgan fingerprint density at radius 3 is 2.68 bits per heavy atom. The third kappa shape index (κ3) is 3.21. The molecule has 2 aliphatic rings. The molecule has 108 valence electrons. The van der Waals surface area contributed by atoms with Gasteiger partial charge in [0, 0.05) is 0 Å². The zero-order valence-electron chi connectivity index (χ0n) is 12.7. The Labute approximate surface area is 117 Å². The maximum atomic E-state index is 11.8. The third-order valence-corrected chi connectivity index (χ3v) is 5.37. The number of hydrogen-bond donors (Lipinski definition) is 0. The van der Waals surface area contributed by atoms with Gasteiger partial charge in [0.1, 0.15) is 0 Å². The fraction of sp³-hybridized carbons (Fsp3) is 0.824. The summed E-state index contributed by atoms with van der Waals surface area (Å²) in [6, 6.07) is 0. The van der Waals surface area contributed by atoms with E-state index in [1.807, 2.05) is 13.8 Å². The topological polar surface area (TPSA) is 26.3 Å². The van der Waals surface area contributed by atoms with Crippen molar-refractivity contribution in [2.45, 2.75) is 65.7 Å². The molecule has 0 amide bonds. The van der Waals surface area contributed by atoms with Crippen LogP contribution in [0.5, 0.6) is 0 Å². The lowest BCUT2D eigenvalue weighted by molar-refractivity contribution is -0.146. The summed E-state index contributed by atoms with van der Waals surface area (Å²) >= 11 is 0. The molecule has 1 fully saturated rings. The SMILES string of the molecule is CCOC(=O)[C@H](C)C1=CC[C@H](C2(C)CCCC2)CC1. The van der Waals surface area contributed by atoms with E-state index in [-0.39, 0.29) is 11.9 Å². The van der Waals surface area contributed by atoms with Crippen LogP contribution < -0.4 is 0 Å². The summed E-state index contributed by atoms with van der Waals surface area (Å²) in [7, 11) is 0. The standard InChI is InChI=1S/C17H28O2/c1-4-19-16(18)13(2)14-7-9-15(10-8-14)17(3)11-5-6-12-17/h7,13,15H,4-6,8-12H2,1-3H3/t13-,15+/m1/s1. The van der Waals surface area contributed by atoms with Crippen LogP contribution in [0.2, 0.25) is 0 Å². The van der Waals surface area contributed by atoms with E-state index in [9.17, 15) is 4.79 Å². The summed E-state index contributed by atoms with van der Waals surface area (Å²) in [6.45, 7) is 6.81. The van der Waals surface area contributed by atoms with Crippen molar-refractivity contribution in [3.8, 4) is 0 Å². The zero-order chi connectivity index (χ0) is 13.9. The second kappa shape index (κ2) is 6.11. The first-order valence-corrected chi connectivity index (χ1v) is 7.92. The lowest BCUT2D eigenvalue weighted by Crippen LogP contribution is -2.27. The minimum Gasteiger partial charge on any atom is -0.466 e. The van der Waals surface area contributed by atoms with Crippen molar-refractivity contribution >= 4 is 5.97 Å². The summed E-state index contributed by atoms with van der Waals surface area (Å²) in [5.74, 6) is 0.727. The first kappa shape index (κ1) is 14.6. The van der Waals surface area contributed by atoms with Gasteiger partial charge in [0.2, 0.25) is 0 Å². The van der Waals surface area contributed by atoms with Crippen LogP contribution in [-0.2, 0) is 9.53 Å². The Balaban J connectivity index is 1.94. The highest BCUT2D eigenvalue weighted by atomic mass is 16.5. The van der Waals surface area contributed by atoms with E-state index < -0.39 is 0 Å². The van der Waals surface area contributed by atoms with E-state index in [0.29, 0.717) is 12.0 Å². The Morgan fingerprint density at radius 2 is 2.16 bits per heavy atom. The second-order valence-electron chi connectivity index (χ2n) is 6.59. The molecule has 2 rings (SSSR count). The molecule has 0 unspecified atom stereocenters. The van der Waals surface area contributed by atoms with Crippen LogP contribution in [0.15, 0.2) is 11.6 Å². The molecular weight excluding hydrogens is 236 g/mol. The molecule has 0 aromatic rings. The average molecular weight is 264 g/mol. The number of allylic oxidation sites excluding steroid dienone is 1. The molecule has 0 spiro atoms. The van der Waals surface area contributed by atoms with E-state index >= 15 is 0 Å². The van der Waals surface area contributed by atoms with Crippen molar-refractivity contribution in [3.63, 3.8) is 0 Å². The van der Waals surface area contributed by atoms with Gasteiger partial charge in [-0.2, -0.15) is 0 Å². The van der Waals surface area contributed by atoms with E-state index in [1.165, 1.54) is 37.7 Å². The highest BCUT2D eigenvalue weighted by Crippen LogP contribution is 2.49. The molecule has 0 saturated heterocycles. The molecule has 19 heavy (non-hydrogen) atoms. The first-order valence-electron chi connectivity index (χ1n) is 7.92. The van der Waals surface area contributed by atoms with Gasteiger partial charge in [0.15, 0.2) is 0 Å². The largest absolute Gasteiger partial charge is 0.466 e. The normalized spacial score (nSPS) is 27.7. The number of carbonyl (C=O) groups is 1. The molecule has 0 radical (unpaired) electrons. The van der Waals surface area contributed by atoms with Crippen molar-refractivity contribution < 1.29 is 9.53 Å². The quantitative estimate of drug-likeness (QED) is 0.552. The molecule has 0 aromatic carbocycles. The highest BCUT2D eigenvalue weighted by Gasteiger charge is 2.37. The van der Waals surface area contributed by atoms with Crippen LogP contribution >= 0.6 is 0 Å². The Hall–Kier alpha value is -0.790. The van der Waals surface area contributed by atoms with Crippen LogP contribution in [0.25, 0.3) is 0 Å². The third-order valence-electron chi connectivity index (χ3n) is 5.37. The van der Waals surface area contributed by atoms with Crippen LogP contribution in [0.4, 0.5) is 0 Å². The smallest absolute Gasteiger partial charge is 0.312 e. The highest BCUT2D eigenvalue weighted by molar-refractivity contribution is 5.75. The van der Waals surface area contributed by atoms with E-state index in [4.69, 9.17) is 4.74 Å². The van der Waals surface area contributed by atoms with Crippen molar-refractivity contribution in [3.05, 3.63) is 11.6 Å². The predicted molar refractivity (Wildman–Crippen MR) is 77.8 cm³/mol. The maximum absolute atomic E-state index is 11.8. The minimum atomic E-state index is -0.0562. The van der Waals surface area contributed by atoms with Crippen LogP contribution in [-0.4, -0.2) is 12.6 Å². The van der Waals surface area contributed by atoms with Crippen LogP contribution in [0.1, 0.15) is 65.7 Å². The Morgan fingerprint density at radius 1 is 1.47 bits per heavy atom. The zero-order valence-corrected chi connectivity index (χ0v) is 12.7. The van der Waals surface area contributed by atoms with Crippen molar-refractivity contribution in [2.24, 2.45) is 17.3 Å². The number of carbonyl (C=O) groups excluding carboxylic acids is 1. The lowest BCUT2D eigenvalue weighted by Gasteiger charge is -2.37. The van der Waals surface area contributed by atoms with Crippen molar-refractivity contribution in [2.75, 3.05) is 6.61 Å². The molecule has 2 nitrogen and oxygen atoms in total. The van der Waals surface area contributed by atoms with Gasteiger partial charge in [0.05, 0.1) is 12.5 Å². The minimum absolute atomic E-state index is 0.0442. The van der Waals surface area contributed by atoms with Crippen molar-refractivity contribution in [1.29, 1.82) is 0 Å². The monoisotopic (exact) mass is 264 g/mol. The van der Waals surface area contributed by atoms with Gasteiger partial charge in [-0.3, -0.25) is 4.79 Å². The Bertz CT molecular complexity index is 350. The van der Waals surface area contributed by atoms with E-state index in [2.05, 4.69) is 13.0 Å². The summed E-state index contributed by atoms with van der Waals surface area (Å²) < 4.78 is 5.12. The average Bonchev–Trinajstić information content (AvgIpc) is 2.86. The molecule has 0 N–H and O–H groups in total. The molecule has 0 heterocycles. The number of ether oxygens (including phenoxy) is 1. The molecule has 0 aromatic heterocycles. The van der Waals surface area contributed by atoms with Crippen LogP contribution in [0, 0.1) is 17.3 Å². The van der Waals surface area contributed by atoms with Crippen molar-refractivity contribution in [1.82, 2.24) is 0 Å². The fourth-order valence-corrected chi connectivity index (χ4v) is 3.89. The predicted octanol–water partition coefficient (Wildman–Crippen LogP) is 4.49. The molecule has 2 atom stereocenters. The van der Waals surface area contributed by atoms with Gasteiger partial charge in [-0.05, 0) is 57.3 Å². The first-order chi connectivity index (χ1) is 9.07. The molecule has 0 aliphatic heterocycles. The molecule has 2 heteroatoms. The van der Waals surface area contributed by atoms with Gasteiger partial charge >= 0.3 is 5.97 Å². The molecule has 1 saturated carbocycles. The summed E-state index contributed by atoms with van der Waals surface area (Å²) in [5, 5.41) is 0. The van der Waals surface area contributed by atoms with E-state index in [0.717, 1.165) is 18.8 Å². The molecule has 2 aliphatic carbocycles.